The number of aromatic nitrogens is 5. The molecule has 0 unspecified atom stereocenters. The average molecular weight is 377 g/mol. The third kappa shape index (κ3) is 2.79. The monoisotopic (exact) mass is 377 g/mol. The van der Waals surface area contributed by atoms with Crippen LogP contribution in [0.15, 0.2) is 46.0 Å². The van der Waals surface area contributed by atoms with Crippen LogP contribution < -0.4 is 15.9 Å². The lowest BCUT2D eigenvalue weighted by Gasteiger charge is -2.10. The first kappa shape index (κ1) is 17.7. The van der Waals surface area contributed by atoms with Crippen molar-refractivity contribution in [2.45, 2.75) is 20.8 Å². The van der Waals surface area contributed by atoms with Crippen molar-refractivity contribution in [1.82, 2.24) is 24.3 Å². The largest absolute Gasteiger partial charge is 0.497 e. The van der Waals surface area contributed by atoms with E-state index in [9.17, 15) is 9.59 Å². The Morgan fingerprint density at radius 3 is 2.21 bits per heavy atom. The van der Waals surface area contributed by atoms with Gasteiger partial charge in [-0.15, -0.1) is 0 Å². The van der Waals surface area contributed by atoms with Gasteiger partial charge in [-0.2, -0.15) is 4.68 Å². The molecule has 1 aromatic carbocycles. The summed E-state index contributed by atoms with van der Waals surface area (Å²) in [5.41, 5.74) is 2.59. The summed E-state index contributed by atoms with van der Waals surface area (Å²) in [4.78, 5) is 34.5. The highest BCUT2D eigenvalue weighted by molar-refractivity contribution is 5.81. The molecule has 0 amide bonds. The van der Waals surface area contributed by atoms with E-state index in [0.29, 0.717) is 28.0 Å². The van der Waals surface area contributed by atoms with Crippen molar-refractivity contribution >= 4 is 10.9 Å². The summed E-state index contributed by atoms with van der Waals surface area (Å²) >= 11 is 0. The van der Waals surface area contributed by atoms with Gasteiger partial charge in [-0.1, -0.05) is 0 Å². The maximum absolute atomic E-state index is 13.1. The standard InChI is InChI=1S/C20H19N5O3/c1-11-9-12(2)22-20(21-11)25-19(27)18-13(3)24(17(26)10-16(18)23-25)14-5-7-15(28-4)8-6-14/h5-10,23H,1-4H3. The first-order valence-electron chi connectivity index (χ1n) is 8.73. The molecule has 0 radical (unpaired) electrons. The number of rotatable bonds is 3. The highest BCUT2D eigenvalue weighted by Crippen LogP contribution is 2.18. The number of fused-ring (bicyclic) bond motifs is 1. The van der Waals surface area contributed by atoms with Gasteiger partial charge in [-0.3, -0.25) is 19.3 Å². The summed E-state index contributed by atoms with van der Waals surface area (Å²) in [6, 6.07) is 10.3. The molecule has 28 heavy (non-hydrogen) atoms. The lowest BCUT2D eigenvalue weighted by Crippen LogP contribution is -2.22. The maximum Gasteiger partial charge on any atom is 0.283 e. The Morgan fingerprint density at radius 2 is 1.61 bits per heavy atom. The van der Waals surface area contributed by atoms with E-state index < -0.39 is 0 Å². The number of ether oxygens (including phenoxy) is 1. The van der Waals surface area contributed by atoms with E-state index in [1.54, 1.807) is 38.3 Å². The van der Waals surface area contributed by atoms with E-state index in [1.165, 1.54) is 15.3 Å². The van der Waals surface area contributed by atoms with Crippen molar-refractivity contribution in [3.63, 3.8) is 0 Å². The van der Waals surface area contributed by atoms with Gasteiger partial charge in [0.05, 0.1) is 18.0 Å². The zero-order chi connectivity index (χ0) is 20.0. The summed E-state index contributed by atoms with van der Waals surface area (Å²) in [6.45, 7) is 5.42. The van der Waals surface area contributed by atoms with Crippen LogP contribution in [0.3, 0.4) is 0 Å². The van der Waals surface area contributed by atoms with Gasteiger partial charge in [0, 0.05) is 28.8 Å². The number of aryl methyl sites for hydroxylation is 3. The number of hydrogen-bond acceptors (Lipinski definition) is 5. The Hall–Kier alpha value is -3.68. The van der Waals surface area contributed by atoms with Gasteiger partial charge in [-0.25, -0.2) is 9.97 Å². The summed E-state index contributed by atoms with van der Waals surface area (Å²) in [7, 11) is 1.58. The molecular weight excluding hydrogens is 358 g/mol. The topological polar surface area (TPSA) is 94.8 Å². The molecule has 3 heterocycles. The molecule has 142 valence electrons. The van der Waals surface area contributed by atoms with Crippen molar-refractivity contribution < 1.29 is 4.74 Å². The molecule has 4 aromatic rings. The third-order valence-electron chi connectivity index (χ3n) is 4.61. The molecule has 0 saturated heterocycles. The van der Waals surface area contributed by atoms with Crippen LogP contribution in [0.25, 0.3) is 22.5 Å². The first-order chi connectivity index (χ1) is 13.4. The fourth-order valence-corrected chi connectivity index (χ4v) is 3.37. The fourth-order valence-electron chi connectivity index (χ4n) is 3.37. The number of nitrogens with one attached hydrogen (secondary N) is 1. The number of nitrogens with zero attached hydrogens (tertiary/aromatic N) is 4. The van der Waals surface area contributed by atoms with E-state index in [1.807, 2.05) is 19.9 Å². The van der Waals surface area contributed by atoms with Gasteiger partial charge >= 0.3 is 0 Å². The van der Waals surface area contributed by atoms with E-state index in [0.717, 1.165) is 11.4 Å². The Morgan fingerprint density at radius 1 is 0.964 bits per heavy atom. The maximum atomic E-state index is 13.1. The molecule has 0 saturated carbocycles. The predicted octanol–water partition coefficient (Wildman–Crippen LogP) is 2.19. The Bertz CT molecular complexity index is 1290. The minimum atomic E-state index is -0.306. The van der Waals surface area contributed by atoms with Gasteiger partial charge < -0.3 is 4.74 Å². The summed E-state index contributed by atoms with van der Waals surface area (Å²) < 4.78 is 7.94. The number of benzene rings is 1. The first-order valence-corrected chi connectivity index (χ1v) is 8.73. The van der Waals surface area contributed by atoms with Crippen LogP contribution in [0.1, 0.15) is 17.1 Å². The average Bonchev–Trinajstić information content (AvgIpc) is 2.98. The van der Waals surface area contributed by atoms with Crippen molar-refractivity contribution in [1.29, 1.82) is 0 Å². The van der Waals surface area contributed by atoms with Gasteiger partial charge in [-0.05, 0) is 51.1 Å². The van der Waals surface area contributed by atoms with Gasteiger partial charge in [0.15, 0.2) is 0 Å². The Balaban J connectivity index is 1.97. The minimum absolute atomic E-state index is 0.245. The molecule has 0 aliphatic carbocycles. The molecular formula is C20H19N5O3. The molecule has 0 spiro atoms. The molecule has 0 fully saturated rings. The zero-order valence-electron chi connectivity index (χ0n) is 16.0. The van der Waals surface area contributed by atoms with E-state index >= 15 is 0 Å². The van der Waals surface area contributed by atoms with Crippen molar-refractivity contribution in [2.24, 2.45) is 0 Å². The molecule has 1 N–H and O–H groups in total. The molecule has 0 aliphatic heterocycles. The second-order valence-corrected chi connectivity index (χ2v) is 6.59. The second kappa shape index (κ2) is 6.49. The zero-order valence-corrected chi connectivity index (χ0v) is 16.0. The number of H-pyrrole nitrogens is 1. The van der Waals surface area contributed by atoms with Crippen molar-refractivity contribution in [3.8, 4) is 17.4 Å². The summed E-state index contributed by atoms with van der Waals surface area (Å²) in [6.07, 6.45) is 0. The summed E-state index contributed by atoms with van der Waals surface area (Å²) in [5.74, 6) is 0.938. The van der Waals surface area contributed by atoms with Crippen molar-refractivity contribution in [2.75, 3.05) is 7.11 Å². The van der Waals surface area contributed by atoms with E-state index in [4.69, 9.17) is 4.74 Å². The van der Waals surface area contributed by atoms with Crippen LogP contribution in [0.2, 0.25) is 0 Å². The lowest BCUT2D eigenvalue weighted by molar-refractivity contribution is 0.414. The SMILES string of the molecule is COc1ccc(-n2c(C)c3c(=O)n(-c4nc(C)cc(C)n4)[nH]c3cc2=O)cc1. The third-order valence-corrected chi connectivity index (χ3v) is 4.61. The normalized spacial score (nSPS) is 11.1. The van der Waals surface area contributed by atoms with E-state index in [2.05, 4.69) is 15.1 Å². The highest BCUT2D eigenvalue weighted by atomic mass is 16.5. The second-order valence-electron chi connectivity index (χ2n) is 6.59. The highest BCUT2D eigenvalue weighted by Gasteiger charge is 2.17. The minimum Gasteiger partial charge on any atom is -0.497 e. The summed E-state index contributed by atoms with van der Waals surface area (Å²) in [5, 5.41) is 3.37. The van der Waals surface area contributed by atoms with Crippen molar-refractivity contribution in [3.05, 3.63) is 74.2 Å². The van der Waals surface area contributed by atoms with Crippen LogP contribution in [0.5, 0.6) is 5.75 Å². The van der Waals surface area contributed by atoms with Crippen LogP contribution in [0.4, 0.5) is 0 Å². The van der Waals surface area contributed by atoms with Gasteiger partial charge in [0.1, 0.15) is 5.75 Å². The number of aromatic amines is 1. The number of pyridine rings is 1. The Labute approximate surface area is 160 Å². The number of hydrogen-bond donors (Lipinski definition) is 1. The lowest BCUT2D eigenvalue weighted by atomic mass is 10.2. The smallest absolute Gasteiger partial charge is 0.283 e. The van der Waals surface area contributed by atoms with Crippen LogP contribution in [-0.2, 0) is 0 Å². The van der Waals surface area contributed by atoms with Crippen LogP contribution >= 0.6 is 0 Å². The fraction of sp³-hybridized carbons (Fsp3) is 0.200. The molecule has 8 nitrogen and oxygen atoms in total. The quantitative estimate of drug-likeness (QED) is 0.591. The van der Waals surface area contributed by atoms with Crippen LogP contribution in [0, 0.1) is 20.8 Å². The Kier molecular flexibility index (Phi) is 4.11. The van der Waals surface area contributed by atoms with Gasteiger partial charge in [0.25, 0.3) is 17.1 Å². The van der Waals surface area contributed by atoms with Gasteiger partial charge in [0.2, 0.25) is 0 Å². The molecule has 4 rings (SSSR count). The molecule has 0 atom stereocenters. The predicted molar refractivity (Wildman–Crippen MR) is 106 cm³/mol. The molecule has 0 bridgehead atoms. The molecule has 8 heteroatoms. The van der Waals surface area contributed by atoms with E-state index in [-0.39, 0.29) is 17.1 Å². The van der Waals surface area contributed by atoms with Crippen LogP contribution in [-0.4, -0.2) is 31.4 Å². The number of methoxy groups -OCH3 is 1. The molecule has 3 aromatic heterocycles. The molecule has 0 aliphatic rings.